The third-order valence-corrected chi connectivity index (χ3v) is 25.7. The van der Waals surface area contributed by atoms with Gasteiger partial charge >= 0.3 is 5.97 Å². The maximum atomic E-state index is 15.6. The van der Waals surface area contributed by atoms with Gasteiger partial charge in [-0.25, -0.2) is 0 Å². The second kappa shape index (κ2) is 46.0. The van der Waals surface area contributed by atoms with Crippen molar-refractivity contribution in [3.8, 4) is 0 Å². The molecule has 638 valence electrons. The monoisotopic (exact) mass is 1660 g/mol. The van der Waals surface area contributed by atoms with Crippen molar-refractivity contribution >= 4 is 134 Å². The molecule has 0 spiro atoms. The molecule has 4 saturated heterocycles. The molecule has 0 aromatic heterocycles. The Kier molecular flexibility index (Phi) is 37.6. The lowest BCUT2D eigenvalue weighted by Gasteiger charge is -2.32. The third-order valence-electron chi connectivity index (χ3n) is 22.7. The molecular weight excluding hydrogens is 1540 g/mol. The maximum Gasteiger partial charge on any atom is 0.305 e. The number of aliphatic carboxylic acids is 1. The van der Waals surface area contributed by atoms with E-state index in [0.29, 0.717) is 18.8 Å². The van der Waals surface area contributed by atoms with Crippen LogP contribution in [0.1, 0.15) is 182 Å². The molecule has 22 N–H and O–H groups in total. The zero-order valence-corrected chi connectivity index (χ0v) is 68.2. The average molecular weight is 1660 g/mol. The molecule has 7 rings (SSSR count). The van der Waals surface area contributed by atoms with Crippen LogP contribution in [0.5, 0.6) is 0 Å². The van der Waals surface area contributed by atoms with Gasteiger partial charge in [-0.05, 0) is 145 Å². The van der Waals surface area contributed by atoms with Gasteiger partial charge in [0.05, 0.1) is 19.4 Å². The molecular formula is C74H120N18O19S3. The number of amides is 16. The molecule has 4 aliphatic heterocycles. The molecule has 0 aromatic carbocycles. The molecule has 19 atom stereocenters. The Morgan fingerprint density at radius 1 is 0.553 bits per heavy atom. The Bertz CT molecular complexity index is 3430. The van der Waals surface area contributed by atoms with Gasteiger partial charge in [-0.15, -0.1) is 0 Å². The first-order valence-electron chi connectivity index (χ1n) is 40.0. The van der Waals surface area contributed by atoms with Crippen molar-refractivity contribution in [2.75, 3.05) is 49.8 Å². The number of thioether (sulfide) groups is 1. The third kappa shape index (κ3) is 28.7. The lowest BCUT2D eigenvalue weighted by molar-refractivity contribution is -0.142. The van der Waals surface area contributed by atoms with E-state index in [2.05, 4.69) is 74.4 Å². The Labute approximate surface area is 676 Å². The van der Waals surface area contributed by atoms with Crippen LogP contribution in [0.2, 0.25) is 0 Å². The highest BCUT2D eigenvalue weighted by atomic mass is 33.1. The van der Waals surface area contributed by atoms with Crippen molar-refractivity contribution in [3.05, 3.63) is 0 Å². The van der Waals surface area contributed by atoms with E-state index in [1.807, 2.05) is 0 Å². The summed E-state index contributed by atoms with van der Waals surface area (Å²) in [4.78, 5) is 242. The second-order valence-corrected chi connectivity index (χ2v) is 35.3. The van der Waals surface area contributed by atoms with Crippen LogP contribution in [0, 0.1) is 35.5 Å². The Balaban J connectivity index is 1.32. The van der Waals surface area contributed by atoms with Gasteiger partial charge in [0.2, 0.25) is 94.5 Å². The van der Waals surface area contributed by atoms with Gasteiger partial charge in [0.1, 0.15) is 78.5 Å². The molecule has 37 nitrogen and oxygen atoms in total. The van der Waals surface area contributed by atoms with E-state index in [0.717, 1.165) is 112 Å². The van der Waals surface area contributed by atoms with Crippen LogP contribution in [0.4, 0.5) is 0 Å². The van der Waals surface area contributed by atoms with Gasteiger partial charge in [0.25, 0.3) is 0 Å². The molecule has 7 aliphatic rings. The molecule has 0 aromatic rings. The molecule has 40 heteroatoms. The molecule has 16 amide bonds. The second-order valence-electron chi connectivity index (χ2n) is 31.8. The standard InChI is InChI=1S/C74H120N18O19S3/c1-37(2)26-49-66(103)82-47(21-22-59(75)95)63(100)84-51(28-41-32-78-45-18-11-9-16-43(41)45)68(105)86-53(30-60(76)96)69(106)91-57(74(111)92-24-13-20-58(92)73(110)88-50(27-40-14-7-6-8-15-40)65(102)80-38(3)62(77)99)36-114-113-35-56(72(109)85-52(67(104)83-49)29-42-33-79-46-19-12-10-17-44(42)46)90-70(107)54(31-61(97)98)87-71(108)55(34-93)89-64(101)48(23-25-112-5)81-39(4)94/h37-38,40-58,78-79,93H,6-36H2,1-5H3,(H2,75,95)(H2,76,96)(H2,77,99)(H,80,102)(H,81,94)(H,82,103)(H,83,104)(H,84,100)(H,85,109)(H,86,105)(H,87,108)(H,88,110)(H,89,101)(H,90,107)(H,91,106)(H,97,98)/t38-,41?,42?,43?,44?,45?,46?,47-,48-,49-,50-,51-,52-,53-,54-,55-,56-,57-,58-/m0/s1. The summed E-state index contributed by atoms with van der Waals surface area (Å²) in [6.07, 6.45) is 10.3. The number of carboxylic acid groups (broad SMARTS) is 1. The van der Waals surface area contributed by atoms with E-state index in [-0.39, 0.29) is 99.1 Å². The van der Waals surface area contributed by atoms with Crippen molar-refractivity contribution in [2.24, 2.45) is 52.7 Å². The summed E-state index contributed by atoms with van der Waals surface area (Å²) in [7, 11) is 1.62. The first-order valence-corrected chi connectivity index (χ1v) is 43.9. The van der Waals surface area contributed by atoms with Gasteiger partial charge in [0.15, 0.2) is 0 Å². The number of aliphatic hydroxyl groups excluding tert-OH is 1. The molecule has 3 saturated carbocycles. The van der Waals surface area contributed by atoms with E-state index in [4.69, 9.17) is 17.2 Å². The van der Waals surface area contributed by atoms with E-state index >= 15 is 33.6 Å². The van der Waals surface area contributed by atoms with E-state index < -0.39 is 223 Å². The highest BCUT2D eigenvalue weighted by Crippen LogP contribution is 2.39. The Morgan fingerprint density at radius 3 is 1.65 bits per heavy atom. The van der Waals surface area contributed by atoms with Crippen molar-refractivity contribution in [1.82, 2.24) is 79.3 Å². The summed E-state index contributed by atoms with van der Waals surface area (Å²) in [5, 5.41) is 59.0. The lowest BCUT2D eigenvalue weighted by atomic mass is 9.77. The lowest BCUT2D eigenvalue weighted by Crippen LogP contribution is -2.61. The number of carbonyl (C=O) groups is 17. The summed E-state index contributed by atoms with van der Waals surface area (Å²) in [6, 6.07) is -20.2. The number of fused-ring (bicyclic) bond motifs is 2. The molecule has 0 bridgehead atoms. The number of carboxylic acids is 1. The number of rotatable bonds is 32. The summed E-state index contributed by atoms with van der Waals surface area (Å²) in [6.45, 7) is 5.71. The van der Waals surface area contributed by atoms with Gasteiger partial charge < -0.3 is 107 Å². The molecule has 7 fully saturated rings. The largest absolute Gasteiger partial charge is 0.481 e. The number of primary amides is 3. The van der Waals surface area contributed by atoms with Crippen LogP contribution < -0.4 is 91.6 Å². The number of hydrogen-bond acceptors (Lipinski definition) is 23. The molecule has 114 heavy (non-hydrogen) atoms. The van der Waals surface area contributed by atoms with Gasteiger partial charge in [0, 0.05) is 43.5 Å². The predicted octanol–water partition coefficient (Wildman–Crippen LogP) is -3.57. The number of nitrogens with two attached hydrogens (primary N) is 3. The van der Waals surface area contributed by atoms with Crippen LogP contribution in [0.25, 0.3) is 0 Å². The predicted molar refractivity (Wildman–Crippen MR) is 422 cm³/mol. The minimum atomic E-state index is -2.07. The SMILES string of the molecule is CSCC[C@H](NC(C)=O)C(=O)N[C@@H](CO)C(=O)N[C@@H](CC(=O)O)C(=O)N[C@H]1CSSC[C@@H](C(=O)N2CCC[C@H]2C(=O)N[C@@H](CC2CCCCC2)C(=O)N[C@@H](C)C(N)=O)NC(=O)[C@H](CC(N)=O)NC(=O)[C@H](CC2CNC3CCCCC23)NC(=O)[C@H](CCC(N)=O)NC(=O)[C@H](CC(C)C)NC(=O)[C@H](CC2CNC3CCCCC23)NC1=O. The van der Waals surface area contributed by atoms with Crippen molar-refractivity contribution < 1.29 is 91.7 Å². The zero-order chi connectivity index (χ0) is 83.5. The quantitative estimate of drug-likeness (QED) is 0.0290. The smallest absolute Gasteiger partial charge is 0.305 e. The summed E-state index contributed by atoms with van der Waals surface area (Å²) in [5.41, 5.74) is 17.0. The number of nitrogens with one attached hydrogen (secondary N) is 14. The van der Waals surface area contributed by atoms with Crippen molar-refractivity contribution in [1.29, 1.82) is 0 Å². The Morgan fingerprint density at radius 2 is 1.08 bits per heavy atom. The van der Waals surface area contributed by atoms with Crippen LogP contribution >= 0.6 is 33.3 Å². The van der Waals surface area contributed by atoms with E-state index in [1.165, 1.54) is 23.6 Å². The van der Waals surface area contributed by atoms with Crippen LogP contribution in [-0.4, -0.2) is 256 Å². The average Bonchev–Trinajstić information content (AvgIpc) is 1.64. The maximum absolute atomic E-state index is 15.6. The number of hydrogen-bond donors (Lipinski definition) is 19. The highest BCUT2D eigenvalue weighted by molar-refractivity contribution is 8.76. The number of carbonyl (C=O) groups excluding carboxylic acids is 16. The fourth-order valence-corrected chi connectivity index (χ4v) is 19.4. The van der Waals surface area contributed by atoms with Crippen molar-refractivity contribution in [2.45, 2.75) is 272 Å². The van der Waals surface area contributed by atoms with Gasteiger partial charge in [-0.1, -0.05) is 93.2 Å². The van der Waals surface area contributed by atoms with Gasteiger partial charge in [-0.2, -0.15) is 11.8 Å². The fraction of sp³-hybridized carbons (Fsp3) is 0.770. The summed E-state index contributed by atoms with van der Waals surface area (Å²) in [5.74, 6) is -18.4. The van der Waals surface area contributed by atoms with E-state index in [9.17, 15) is 58.2 Å². The van der Waals surface area contributed by atoms with Crippen LogP contribution in [0.15, 0.2) is 0 Å². The molecule has 4 heterocycles. The summed E-state index contributed by atoms with van der Waals surface area (Å²) < 4.78 is 0. The van der Waals surface area contributed by atoms with Crippen LogP contribution in [0.3, 0.4) is 0 Å². The Hall–Kier alpha value is -8.08. The minimum absolute atomic E-state index is 0.00623. The molecule has 6 unspecified atom stereocenters. The summed E-state index contributed by atoms with van der Waals surface area (Å²) >= 11 is 1.35. The van der Waals surface area contributed by atoms with Crippen LogP contribution in [-0.2, 0) is 81.5 Å². The number of nitrogens with zero attached hydrogens (tertiary/aromatic N) is 1. The molecule has 0 radical (unpaired) electrons. The first kappa shape index (κ1) is 93.1. The van der Waals surface area contributed by atoms with E-state index in [1.54, 1.807) is 20.1 Å². The number of aliphatic hydroxyl groups is 1. The topological polar surface area (TPSA) is 580 Å². The number of likely N-dealkylation sites (tertiary alicyclic amines) is 1. The van der Waals surface area contributed by atoms with Gasteiger partial charge in [-0.3, -0.25) is 81.5 Å². The normalized spacial score (nSPS) is 28.4. The highest BCUT2D eigenvalue weighted by Gasteiger charge is 2.46. The van der Waals surface area contributed by atoms with Crippen molar-refractivity contribution in [3.63, 3.8) is 0 Å². The zero-order valence-electron chi connectivity index (χ0n) is 65.8. The minimum Gasteiger partial charge on any atom is -0.481 e. The molecule has 3 aliphatic carbocycles. The first-order chi connectivity index (χ1) is 54.2. The fourth-order valence-electron chi connectivity index (χ4n) is 16.6.